The topological polar surface area (TPSA) is 82.3 Å². The Bertz CT molecular complexity index is 387. The second-order valence-electron chi connectivity index (χ2n) is 6.58. The van der Waals surface area contributed by atoms with Crippen LogP contribution in [0.1, 0.15) is 52.4 Å². The van der Waals surface area contributed by atoms with E-state index in [9.17, 15) is 9.59 Å². The number of hydrogen-bond donors (Lipinski definition) is 4. The second kappa shape index (κ2) is 11.2. The summed E-state index contributed by atoms with van der Waals surface area (Å²) in [5, 5.41) is 11.6. The Labute approximate surface area is 147 Å². The van der Waals surface area contributed by atoms with E-state index >= 15 is 0 Å². The summed E-state index contributed by atoms with van der Waals surface area (Å²) < 4.78 is 0. The van der Waals surface area contributed by atoms with Crippen molar-refractivity contribution < 1.29 is 9.59 Å². The van der Waals surface area contributed by atoms with Crippen molar-refractivity contribution in [1.82, 2.24) is 21.3 Å². The molecular weight excluding hydrogens is 304 g/mol. The van der Waals surface area contributed by atoms with Crippen LogP contribution in [0.25, 0.3) is 0 Å². The van der Waals surface area contributed by atoms with Gasteiger partial charge in [-0.3, -0.25) is 9.59 Å². The van der Waals surface area contributed by atoms with Crippen molar-refractivity contribution in [3.05, 3.63) is 12.2 Å². The smallest absolute Gasteiger partial charge is 0.239 e. The van der Waals surface area contributed by atoms with E-state index in [1.54, 1.807) is 14.1 Å². The second-order valence-corrected chi connectivity index (χ2v) is 6.58. The van der Waals surface area contributed by atoms with Crippen molar-refractivity contribution in [3.63, 3.8) is 0 Å². The normalized spacial score (nSPS) is 16.4. The molecule has 2 atom stereocenters. The largest absolute Gasteiger partial charge is 0.358 e. The summed E-state index contributed by atoms with van der Waals surface area (Å²) in [5.74, 6) is 0.0454. The van der Waals surface area contributed by atoms with Gasteiger partial charge in [0.05, 0.1) is 11.1 Å². The Hall–Kier alpha value is -1.40. The van der Waals surface area contributed by atoms with Crippen LogP contribution in [0.15, 0.2) is 12.2 Å². The molecule has 24 heavy (non-hydrogen) atoms. The number of allylic oxidation sites excluding steroid dienone is 2. The average molecular weight is 341 g/mol. The number of carbonyl (C=O) groups excluding carboxylic acids is 2. The first-order chi connectivity index (χ1) is 11.3. The number of hydrogen-bond acceptors (Lipinski definition) is 4. The fourth-order valence-electron chi connectivity index (χ4n) is 2.64. The molecule has 0 aliphatic rings. The first-order valence-corrected chi connectivity index (χ1v) is 8.77. The van der Waals surface area contributed by atoms with Crippen molar-refractivity contribution in [2.75, 3.05) is 28.2 Å². The highest BCUT2D eigenvalue weighted by Crippen LogP contribution is 2.16. The van der Waals surface area contributed by atoms with Crippen LogP contribution in [0.4, 0.5) is 0 Å². The van der Waals surface area contributed by atoms with Gasteiger partial charge in [-0.2, -0.15) is 0 Å². The van der Waals surface area contributed by atoms with Crippen LogP contribution in [0, 0.1) is 0 Å². The molecule has 4 N–H and O–H groups in total. The molecule has 0 heterocycles. The molecule has 0 spiro atoms. The molecule has 0 radical (unpaired) electrons. The van der Waals surface area contributed by atoms with Crippen LogP contribution in [-0.2, 0) is 9.59 Å². The summed E-state index contributed by atoms with van der Waals surface area (Å²) in [7, 11) is 6.96. The van der Waals surface area contributed by atoms with Crippen molar-refractivity contribution in [3.8, 4) is 0 Å². The van der Waals surface area contributed by atoms with Crippen molar-refractivity contribution in [2.24, 2.45) is 0 Å². The molecule has 140 valence electrons. The lowest BCUT2D eigenvalue weighted by Crippen LogP contribution is -2.52. The number of unbranched alkanes of at least 4 members (excludes halogenated alkanes) is 2. The van der Waals surface area contributed by atoms with Crippen LogP contribution in [-0.4, -0.2) is 51.1 Å². The summed E-state index contributed by atoms with van der Waals surface area (Å²) in [6.45, 7) is 3.85. The van der Waals surface area contributed by atoms with E-state index in [2.05, 4.69) is 33.4 Å². The molecule has 0 aliphatic heterocycles. The van der Waals surface area contributed by atoms with Crippen LogP contribution in [0.2, 0.25) is 0 Å². The van der Waals surface area contributed by atoms with E-state index in [1.165, 1.54) is 0 Å². The highest BCUT2D eigenvalue weighted by molar-refractivity contribution is 5.85. The van der Waals surface area contributed by atoms with E-state index in [0.29, 0.717) is 0 Å². The molecule has 0 saturated carbocycles. The summed E-state index contributed by atoms with van der Waals surface area (Å²) in [6.07, 6.45) is 9.72. The Kier molecular flexibility index (Phi) is 10.6. The van der Waals surface area contributed by atoms with Gasteiger partial charge < -0.3 is 21.3 Å². The lowest BCUT2D eigenvalue weighted by atomic mass is 9.93. The van der Waals surface area contributed by atoms with Crippen LogP contribution >= 0.6 is 0 Å². The van der Waals surface area contributed by atoms with Crippen molar-refractivity contribution in [2.45, 2.75) is 63.5 Å². The quantitative estimate of drug-likeness (QED) is 0.319. The molecule has 6 nitrogen and oxygen atoms in total. The third-order valence-electron chi connectivity index (χ3n) is 4.82. The minimum absolute atomic E-state index is 0.0227. The molecule has 6 heteroatoms. The van der Waals surface area contributed by atoms with Gasteiger partial charge >= 0.3 is 0 Å². The van der Waals surface area contributed by atoms with Crippen molar-refractivity contribution >= 4 is 11.8 Å². The molecular formula is C18H36N4O2. The molecule has 0 bridgehead atoms. The lowest BCUT2D eigenvalue weighted by molar-refractivity contribution is -0.127. The first kappa shape index (κ1) is 22.6. The van der Waals surface area contributed by atoms with Gasteiger partial charge in [-0.05, 0) is 66.5 Å². The average Bonchev–Trinajstić information content (AvgIpc) is 2.61. The maximum Gasteiger partial charge on any atom is 0.239 e. The maximum absolute atomic E-state index is 11.8. The number of amides is 2. The third-order valence-corrected chi connectivity index (χ3v) is 4.82. The Morgan fingerprint density at radius 2 is 1.08 bits per heavy atom. The van der Waals surface area contributed by atoms with Crippen LogP contribution in [0.3, 0.4) is 0 Å². The standard InChI is InChI=1S/C18H36N4O2/c1-17(21-5,15(23)19-3)13-11-9-7-8-10-12-14-18(2,22-6)16(24)20-4/h7-8,21-22H,9-14H2,1-6H3,(H,19,23)(H,20,24)/b8-7+. The van der Waals surface area contributed by atoms with E-state index in [4.69, 9.17) is 0 Å². The minimum Gasteiger partial charge on any atom is -0.358 e. The SMILES string of the molecule is CNC(=O)C(C)(CCC/C=C/CCCC(C)(NC)C(=O)NC)NC. The van der Waals surface area contributed by atoms with Gasteiger partial charge in [-0.25, -0.2) is 0 Å². The number of nitrogens with one attached hydrogen (secondary N) is 4. The molecule has 0 aromatic rings. The zero-order valence-electron chi connectivity index (χ0n) is 16.2. The molecule has 2 amide bonds. The number of likely N-dealkylation sites (N-methyl/N-ethyl adjacent to an activating group) is 4. The number of carbonyl (C=O) groups is 2. The highest BCUT2D eigenvalue weighted by Gasteiger charge is 2.30. The predicted octanol–water partition coefficient (Wildman–Crippen LogP) is 1.33. The Morgan fingerprint density at radius 3 is 1.33 bits per heavy atom. The van der Waals surface area contributed by atoms with E-state index in [-0.39, 0.29) is 11.8 Å². The van der Waals surface area contributed by atoms with E-state index in [1.807, 2.05) is 27.9 Å². The van der Waals surface area contributed by atoms with Crippen LogP contribution < -0.4 is 21.3 Å². The van der Waals surface area contributed by atoms with Gasteiger partial charge in [0.15, 0.2) is 0 Å². The van der Waals surface area contributed by atoms with Gasteiger partial charge in [0.25, 0.3) is 0 Å². The zero-order chi connectivity index (χ0) is 18.6. The zero-order valence-corrected chi connectivity index (χ0v) is 16.2. The fourth-order valence-corrected chi connectivity index (χ4v) is 2.64. The fraction of sp³-hybridized carbons (Fsp3) is 0.778. The van der Waals surface area contributed by atoms with E-state index < -0.39 is 11.1 Å². The lowest BCUT2D eigenvalue weighted by Gasteiger charge is -2.27. The molecule has 0 rings (SSSR count). The van der Waals surface area contributed by atoms with Gasteiger partial charge in [-0.1, -0.05) is 12.2 Å². The Morgan fingerprint density at radius 1 is 0.750 bits per heavy atom. The van der Waals surface area contributed by atoms with E-state index in [0.717, 1.165) is 38.5 Å². The number of rotatable bonds is 12. The highest BCUT2D eigenvalue weighted by atomic mass is 16.2. The summed E-state index contributed by atoms with van der Waals surface area (Å²) in [6, 6.07) is 0. The Balaban J connectivity index is 4.07. The molecule has 0 aromatic heterocycles. The first-order valence-electron chi connectivity index (χ1n) is 8.77. The third kappa shape index (κ3) is 7.01. The summed E-state index contributed by atoms with van der Waals surface area (Å²) in [5.41, 5.74) is -1.02. The monoisotopic (exact) mass is 340 g/mol. The maximum atomic E-state index is 11.8. The predicted molar refractivity (Wildman–Crippen MR) is 99.9 cm³/mol. The van der Waals surface area contributed by atoms with Crippen molar-refractivity contribution in [1.29, 1.82) is 0 Å². The minimum atomic E-state index is -0.509. The summed E-state index contributed by atoms with van der Waals surface area (Å²) >= 11 is 0. The van der Waals surface area contributed by atoms with Gasteiger partial charge in [0.2, 0.25) is 11.8 Å². The molecule has 0 aromatic carbocycles. The molecule has 0 saturated heterocycles. The molecule has 0 aliphatic carbocycles. The van der Waals surface area contributed by atoms with Gasteiger partial charge in [-0.15, -0.1) is 0 Å². The molecule has 0 fully saturated rings. The van der Waals surface area contributed by atoms with Gasteiger partial charge in [0.1, 0.15) is 0 Å². The van der Waals surface area contributed by atoms with Gasteiger partial charge in [0, 0.05) is 14.1 Å². The summed E-state index contributed by atoms with van der Waals surface area (Å²) in [4.78, 5) is 23.7. The van der Waals surface area contributed by atoms with Crippen LogP contribution in [0.5, 0.6) is 0 Å². The molecule has 2 unspecified atom stereocenters.